The number of hydrogen-bond donors (Lipinski definition) is 0. The smallest absolute Gasteiger partial charge is 0.283 e. The second kappa shape index (κ2) is 9.18. The summed E-state index contributed by atoms with van der Waals surface area (Å²) >= 11 is 12.0. The average molecular weight is 461 g/mol. The number of carbonyl (C=O) groups excluding carboxylic acids is 2. The van der Waals surface area contributed by atoms with Crippen LogP contribution in [0.5, 0.6) is 5.75 Å². The van der Waals surface area contributed by atoms with Crippen LogP contribution in [0.15, 0.2) is 12.1 Å². The summed E-state index contributed by atoms with van der Waals surface area (Å²) in [4.78, 5) is 27.7. The molecule has 2 heterocycles. The molecule has 7 nitrogen and oxygen atoms in total. The van der Waals surface area contributed by atoms with E-state index in [1.165, 1.54) is 11.8 Å². The number of halogens is 4. The number of alkyl halides is 2. The Bertz CT molecular complexity index is 960. The van der Waals surface area contributed by atoms with E-state index in [1.807, 2.05) is 4.90 Å². The highest BCUT2D eigenvalue weighted by molar-refractivity contribution is 6.32. The van der Waals surface area contributed by atoms with Crippen molar-refractivity contribution in [1.29, 1.82) is 0 Å². The van der Waals surface area contributed by atoms with Crippen LogP contribution in [0.25, 0.3) is 0 Å². The number of amides is 1. The second-order valence-electron chi connectivity index (χ2n) is 6.77. The molecule has 1 saturated heterocycles. The molecule has 1 aliphatic rings. The van der Waals surface area contributed by atoms with E-state index in [0.717, 1.165) is 6.29 Å². The average Bonchev–Trinajstić information content (AvgIpc) is 3.02. The van der Waals surface area contributed by atoms with Crippen LogP contribution in [0, 0.1) is 6.92 Å². The quantitative estimate of drug-likeness (QED) is 0.616. The minimum absolute atomic E-state index is 0.124. The minimum atomic E-state index is -2.81. The lowest BCUT2D eigenvalue weighted by atomic mass is 10.1. The molecule has 0 aliphatic carbocycles. The first-order chi connectivity index (χ1) is 14.3. The molecule has 0 bridgehead atoms. The fourth-order valence-electron chi connectivity index (χ4n) is 3.35. The molecule has 162 valence electrons. The largest absolute Gasteiger partial charge is 0.495 e. The van der Waals surface area contributed by atoms with Crippen LogP contribution < -0.4 is 9.64 Å². The zero-order valence-electron chi connectivity index (χ0n) is 16.4. The Labute approximate surface area is 182 Å². The van der Waals surface area contributed by atoms with Crippen LogP contribution in [0.4, 0.5) is 14.5 Å². The molecule has 11 heteroatoms. The van der Waals surface area contributed by atoms with Gasteiger partial charge in [0.25, 0.3) is 6.43 Å². The number of hydrogen-bond acceptors (Lipinski definition) is 5. The summed E-state index contributed by atoms with van der Waals surface area (Å²) in [7, 11) is 1.49. The van der Waals surface area contributed by atoms with E-state index in [4.69, 9.17) is 27.9 Å². The van der Waals surface area contributed by atoms with Crippen molar-refractivity contribution >= 4 is 41.1 Å². The molecule has 1 aromatic carbocycles. The number of piperazine rings is 1. The lowest BCUT2D eigenvalue weighted by molar-refractivity contribution is -0.132. The number of aldehydes is 1. The van der Waals surface area contributed by atoms with Gasteiger partial charge in [-0.3, -0.25) is 14.3 Å². The number of ether oxygens (including phenoxy) is 1. The molecule has 1 amide bonds. The van der Waals surface area contributed by atoms with Crippen molar-refractivity contribution in [1.82, 2.24) is 14.7 Å². The van der Waals surface area contributed by atoms with E-state index in [0.29, 0.717) is 53.9 Å². The zero-order valence-corrected chi connectivity index (χ0v) is 17.9. The highest BCUT2D eigenvalue weighted by Crippen LogP contribution is 2.33. The molecule has 0 spiro atoms. The Morgan fingerprint density at radius 3 is 2.47 bits per heavy atom. The molecule has 0 radical (unpaired) electrons. The molecule has 0 unspecified atom stereocenters. The van der Waals surface area contributed by atoms with E-state index in [2.05, 4.69) is 5.10 Å². The topological polar surface area (TPSA) is 67.7 Å². The summed E-state index contributed by atoms with van der Waals surface area (Å²) in [5, 5.41) is 3.98. The van der Waals surface area contributed by atoms with Crippen LogP contribution in [-0.2, 0) is 11.3 Å². The van der Waals surface area contributed by atoms with Crippen molar-refractivity contribution in [3.63, 3.8) is 0 Å². The Hall–Kier alpha value is -2.39. The van der Waals surface area contributed by atoms with Gasteiger partial charge in [0.15, 0.2) is 6.29 Å². The third kappa shape index (κ3) is 4.37. The van der Waals surface area contributed by atoms with E-state index < -0.39 is 12.1 Å². The molecule has 0 atom stereocenters. The van der Waals surface area contributed by atoms with Crippen molar-refractivity contribution in [2.24, 2.45) is 0 Å². The first-order valence-electron chi connectivity index (χ1n) is 9.13. The zero-order chi connectivity index (χ0) is 22.0. The van der Waals surface area contributed by atoms with E-state index >= 15 is 0 Å². The predicted octanol–water partition coefficient (Wildman–Crippen LogP) is 3.61. The van der Waals surface area contributed by atoms with Crippen molar-refractivity contribution in [3.8, 4) is 5.75 Å². The van der Waals surface area contributed by atoms with Crippen LogP contribution in [-0.4, -0.2) is 60.2 Å². The summed E-state index contributed by atoms with van der Waals surface area (Å²) in [6.45, 7) is 3.14. The lowest BCUT2D eigenvalue weighted by Gasteiger charge is -2.36. The highest BCUT2D eigenvalue weighted by Gasteiger charge is 2.26. The van der Waals surface area contributed by atoms with Gasteiger partial charge < -0.3 is 14.5 Å². The number of carbonyl (C=O) groups is 2. The lowest BCUT2D eigenvalue weighted by Crippen LogP contribution is -2.50. The van der Waals surface area contributed by atoms with Crippen molar-refractivity contribution in [3.05, 3.63) is 39.1 Å². The SMILES string of the molecule is COc1cc(N2CCN(C(=O)Cn3nc(C(F)F)c(Cl)c3C)CC2)c(C=O)cc1Cl. The normalized spacial score (nSPS) is 14.4. The fourth-order valence-corrected chi connectivity index (χ4v) is 3.82. The first-order valence-corrected chi connectivity index (χ1v) is 9.88. The van der Waals surface area contributed by atoms with Crippen LogP contribution in [0.3, 0.4) is 0 Å². The van der Waals surface area contributed by atoms with Gasteiger partial charge in [-0.15, -0.1) is 0 Å². The molecule has 0 saturated carbocycles. The van der Waals surface area contributed by atoms with Crippen molar-refractivity contribution in [2.45, 2.75) is 19.9 Å². The highest BCUT2D eigenvalue weighted by atomic mass is 35.5. The molecule has 1 aromatic heterocycles. The Morgan fingerprint density at radius 2 is 1.93 bits per heavy atom. The van der Waals surface area contributed by atoms with Crippen molar-refractivity contribution < 1.29 is 23.1 Å². The van der Waals surface area contributed by atoms with Gasteiger partial charge in [-0.05, 0) is 13.0 Å². The van der Waals surface area contributed by atoms with Crippen LogP contribution in [0.2, 0.25) is 10.0 Å². The molecule has 2 aromatic rings. The van der Waals surface area contributed by atoms with E-state index in [1.54, 1.807) is 24.0 Å². The maximum absolute atomic E-state index is 13.0. The monoisotopic (exact) mass is 460 g/mol. The maximum Gasteiger partial charge on any atom is 0.283 e. The molecule has 3 rings (SSSR count). The Morgan fingerprint density at radius 1 is 1.27 bits per heavy atom. The van der Waals surface area contributed by atoms with Gasteiger partial charge in [-0.25, -0.2) is 8.78 Å². The summed E-state index contributed by atoms with van der Waals surface area (Å²) in [6.07, 6.45) is -2.08. The molecule has 30 heavy (non-hydrogen) atoms. The fraction of sp³-hybridized carbons (Fsp3) is 0.421. The van der Waals surface area contributed by atoms with Gasteiger partial charge in [-0.1, -0.05) is 23.2 Å². The number of anilines is 1. The summed E-state index contributed by atoms with van der Waals surface area (Å²) in [6, 6.07) is 3.25. The molecular weight excluding hydrogens is 441 g/mol. The molecule has 1 fully saturated rings. The van der Waals surface area contributed by atoms with Crippen LogP contribution in [0.1, 0.15) is 28.2 Å². The third-order valence-corrected chi connectivity index (χ3v) is 5.81. The van der Waals surface area contributed by atoms with E-state index in [-0.39, 0.29) is 17.5 Å². The maximum atomic E-state index is 13.0. The number of nitrogens with zero attached hydrogens (tertiary/aromatic N) is 4. The summed E-state index contributed by atoms with van der Waals surface area (Å²) in [5.41, 5.74) is 0.907. The van der Waals surface area contributed by atoms with Gasteiger partial charge in [0.05, 0.1) is 28.5 Å². The van der Waals surface area contributed by atoms with Crippen LogP contribution >= 0.6 is 23.2 Å². The standard InChI is InChI=1S/C19H20Cl2F2N4O3/c1-11-17(21)18(19(22)23)24-27(11)9-16(29)26-5-3-25(4-6-26)14-8-15(30-2)13(20)7-12(14)10-28/h7-8,10,19H,3-6,9H2,1-2H3. The summed E-state index contributed by atoms with van der Waals surface area (Å²) < 4.78 is 32.3. The second-order valence-corrected chi connectivity index (χ2v) is 7.56. The van der Waals surface area contributed by atoms with Crippen molar-refractivity contribution in [2.75, 3.05) is 38.2 Å². The third-order valence-electron chi connectivity index (χ3n) is 5.05. The summed E-state index contributed by atoms with van der Waals surface area (Å²) in [5.74, 6) is 0.207. The predicted molar refractivity (Wildman–Crippen MR) is 109 cm³/mol. The minimum Gasteiger partial charge on any atom is -0.495 e. The number of methoxy groups -OCH3 is 1. The van der Waals surface area contributed by atoms with Gasteiger partial charge >= 0.3 is 0 Å². The van der Waals surface area contributed by atoms with Gasteiger partial charge in [0.2, 0.25) is 5.91 Å². The molecular formula is C19H20Cl2F2N4O3. The van der Waals surface area contributed by atoms with E-state index in [9.17, 15) is 18.4 Å². The number of benzene rings is 1. The Balaban J connectivity index is 1.68. The first kappa shape index (κ1) is 22.3. The van der Waals surface area contributed by atoms with Gasteiger partial charge in [0, 0.05) is 37.8 Å². The molecule has 0 N–H and O–H groups in total. The van der Waals surface area contributed by atoms with Gasteiger partial charge in [0.1, 0.15) is 18.0 Å². The Kier molecular flexibility index (Phi) is 6.82. The molecule has 1 aliphatic heterocycles. The van der Waals surface area contributed by atoms with Gasteiger partial charge in [-0.2, -0.15) is 5.10 Å². The number of aromatic nitrogens is 2. The number of rotatable bonds is 6.